The van der Waals surface area contributed by atoms with Crippen molar-refractivity contribution >= 4 is 28.9 Å². The summed E-state index contributed by atoms with van der Waals surface area (Å²) in [4.78, 5) is 11.8. The summed E-state index contributed by atoms with van der Waals surface area (Å²) >= 11 is 5.03. The first-order valence-electron chi connectivity index (χ1n) is 7.86. The number of benzene rings is 2. The number of hydrazine groups is 1. The van der Waals surface area contributed by atoms with Crippen molar-refractivity contribution in [3.05, 3.63) is 59.7 Å². The molecule has 0 saturated carbocycles. The van der Waals surface area contributed by atoms with Gasteiger partial charge in [-0.25, -0.2) is 8.78 Å². The maximum absolute atomic E-state index is 13.3. The summed E-state index contributed by atoms with van der Waals surface area (Å²) in [5.41, 5.74) is 6.13. The van der Waals surface area contributed by atoms with Crippen molar-refractivity contribution < 1.29 is 18.7 Å². The lowest BCUT2D eigenvalue weighted by atomic mass is 10.1. The first-order valence-corrected chi connectivity index (χ1v) is 8.27. The van der Waals surface area contributed by atoms with Crippen LogP contribution >= 0.6 is 12.2 Å². The maximum atomic E-state index is 13.3. The number of rotatable bonds is 5. The van der Waals surface area contributed by atoms with Crippen molar-refractivity contribution in [1.29, 1.82) is 0 Å². The monoisotopic (exact) mass is 379 g/mol. The molecular formula is C18H19F2N3O2S. The van der Waals surface area contributed by atoms with Crippen molar-refractivity contribution in [2.75, 3.05) is 5.32 Å². The number of nitrogens with one attached hydrogen (secondary N) is 3. The van der Waals surface area contributed by atoms with Crippen molar-refractivity contribution in [3.63, 3.8) is 0 Å². The molecular weight excluding hydrogens is 360 g/mol. The lowest BCUT2D eigenvalue weighted by Crippen LogP contribution is -2.43. The molecule has 8 heteroatoms. The summed E-state index contributed by atoms with van der Waals surface area (Å²) in [5, 5.41) is 12.0. The summed E-state index contributed by atoms with van der Waals surface area (Å²) in [6.07, 6.45) is 0.722. The number of carbonyl (C=O) groups excluding carboxylic acids is 1. The molecule has 0 aliphatic carbocycles. The summed E-state index contributed by atoms with van der Waals surface area (Å²) in [6.45, 7) is 0.816. The van der Waals surface area contributed by atoms with Gasteiger partial charge in [-0.3, -0.25) is 15.6 Å². The Morgan fingerprint density at radius 2 is 1.85 bits per heavy atom. The zero-order valence-electron chi connectivity index (χ0n) is 14.1. The molecule has 0 aliphatic rings. The summed E-state index contributed by atoms with van der Waals surface area (Å²) < 4.78 is 26.7. The Morgan fingerprint density at radius 1 is 1.15 bits per heavy atom. The van der Waals surface area contributed by atoms with Crippen LogP contribution in [0.25, 0.3) is 0 Å². The highest BCUT2D eigenvalue weighted by molar-refractivity contribution is 7.80. The topological polar surface area (TPSA) is 73.4 Å². The van der Waals surface area contributed by atoms with Gasteiger partial charge in [-0.15, -0.1) is 0 Å². The maximum Gasteiger partial charge on any atom is 0.270 e. The van der Waals surface area contributed by atoms with E-state index in [4.69, 9.17) is 12.2 Å². The number of aromatic hydroxyl groups is 1. The van der Waals surface area contributed by atoms with E-state index in [1.54, 1.807) is 30.3 Å². The number of phenols is 1. The molecule has 0 atom stereocenters. The van der Waals surface area contributed by atoms with E-state index in [1.807, 2.05) is 0 Å². The zero-order valence-corrected chi connectivity index (χ0v) is 14.9. The van der Waals surface area contributed by atoms with Gasteiger partial charge < -0.3 is 10.4 Å². The first kappa shape index (κ1) is 19.6. The molecule has 1 amide bonds. The number of carbonyl (C=O) groups is 1. The Balaban J connectivity index is 1.77. The molecule has 0 aromatic heterocycles. The third kappa shape index (κ3) is 6.29. The second-order valence-corrected chi connectivity index (χ2v) is 6.17. The van der Waals surface area contributed by atoms with Gasteiger partial charge in [-0.1, -0.05) is 24.3 Å². The largest absolute Gasteiger partial charge is 0.508 e. The van der Waals surface area contributed by atoms with E-state index >= 15 is 0 Å². The fraction of sp³-hybridized carbons (Fsp3) is 0.222. The first-order chi connectivity index (χ1) is 12.2. The van der Waals surface area contributed by atoms with E-state index in [1.165, 1.54) is 18.2 Å². The van der Waals surface area contributed by atoms with Gasteiger partial charge in [-0.05, 0) is 48.5 Å². The van der Waals surface area contributed by atoms with Gasteiger partial charge in [0, 0.05) is 24.6 Å². The van der Waals surface area contributed by atoms with Gasteiger partial charge in [0.1, 0.15) is 5.75 Å². The normalized spacial score (nSPS) is 10.9. The number of phenolic OH excluding ortho intramolecular Hbond substituents is 1. The molecule has 0 spiro atoms. The van der Waals surface area contributed by atoms with Crippen molar-refractivity contribution in [3.8, 4) is 5.75 Å². The molecule has 0 aliphatic heterocycles. The minimum absolute atomic E-state index is 0.0829. The minimum atomic E-state index is -2.95. The van der Waals surface area contributed by atoms with Crippen molar-refractivity contribution in [1.82, 2.24) is 10.9 Å². The molecule has 26 heavy (non-hydrogen) atoms. The van der Waals surface area contributed by atoms with E-state index in [9.17, 15) is 18.7 Å². The van der Waals surface area contributed by atoms with Gasteiger partial charge in [0.2, 0.25) is 5.91 Å². The number of halogens is 2. The van der Waals surface area contributed by atoms with Gasteiger partial charge >= 0.3 is 0 Å². The number of alkyl halides is 2. The Bertz CT molecular complexity index is 777. The third-order valence-electron chi connectivity index (χ3n) is 3.52. The van der Waals surface area contributed by atoms with Crippen LogP contribution in [0.3, 0.4) is 0 Å². The number of hydrogen-bond donors (Lipinski definition) is 4. The standard InChI is InChI=1S/C18H19F2N3O2S/c1-18(19,20)13-3-2-4-14(11-13)21-17(26)23-22-16(25)10-7-12-5-8-15(24)9-6-12/h2-6,8-9,11,24H,7,10H2,1H3,(H,22,25)(H2,21,23,26). The van der Waals surface area contributed by atoms with Crippen LogP contribution < -0.4 is 16.2 Å². The predicted molar refractivity (Wildman–Crippen MR) is 99.9 cm³/mol. The number of amides is 1. The molecule has 0 fully saturated rings. The van der Waals surface area contributed by atoms with Crippen LogP contribution in [0, 0.1) is 0 Å². The number of aryl methyl sites for hydroxylation is 1. The third-order valence-corrected chi connectivity index (χ3v) is 3.72. The van der Waals surface area contributed by atoms with Crippen LogP contribution in [0.4, 0.5) is 14.5 Å². The molecule has 5 nitrogen and oxygen atoms in total. The van der Waals surface area contributed by atoms with Crippen LogP contribution in [0.15, 0.2) is 48.5 Å². The van der Waals surface area contributed by atoms with Crippen LogP contribution in [0.5, 0.6) is 5.75 Å². The Labute approximate surface area is 155 Å². The fourth-order valence-electron chi connectivity index (χ4n) is 2.14. The molecule has 0 radical (unpaired) electrons. The van der Waals surface area contributed by atoms with Gasteiger partial charge in [0.25, 0.3) is 5.92 Å². The van der Waals surface area contributed by atoms with E-state index in [-0.39, 0.29) is 28.8 Å². The number of thiocarbonyl (C=S) groups is 1. The molecule has 0 unspecified atom stereocenters. The van der Waals surface area contributed by atoms with Gasteiger partial charge in [-0.2, -0.15) is 0 Å². The second kappa shape index (κ2) is 8.57. The molecule has 0 saturated heterocycles. The Hall–Kier alpha value is -2.74. The molecule has 0 bridgehead atoms. The van der Waals surface area contributed by atoms with Crippen LogP contribution in [-0.4, -0.2) is 16.1 Å². The average molecular weight is 379 g/mol. The predicted octanol–water partition coefficient (Wildman–Crippen LogP) is 3.45. The lowest BCUT2D eigenvalue weighted by molar-refractivity contribution is -0.121. The van der Waals surface area contributed by atoms with Gasteiger partial charge in [0.05, 0.1) is 0 Å². The average Bonchev–Trinajstić information content (AvgIpc) is 2.59. The Morgan fingerprint density at radius 3 is 2.50 bits per heavy atom. The highest BCUT2D eigenvalue weighted by atomic mass is 32.1. The lowest BCUT2D eigenvalue weighted by Gasteiger charge is -2.14. The van der Waals surface area contributed by atoms with Crippen molar-refractivity contribution in [2.45, 2.75) is 25.7 Å². The fourth-order valence-corrected chi connectivity index (χ4v) is 2.31. The van der Waals surface area contributed by atoms with E-state index in [0.29, 0.717) is 12.1 Å². The summed E-state index contributed by atoms with van der Waals surface area (Å²) in [5.74, 6) is -3.06. The van der Waals surface area contributed by atoms with E-state index in [2.05, 4.69) is 16.2 Å². The molecule has 4 N–H and O–H groups in total. The second-order valence-electron chi connectivity index (χ2n) is 5.76. The van der Waals surface area contributed by atoms with E-state index < -0.39 is 5.92 Å². The van der Waals surface area contributed by atoms with E-state index in [0.717, 1.165) is 12.5 Å². The molecule has 2 rings (SSSR count). The number of anilines is 1. The highest BCUT2D eigenvalue weighted by Gasteiger charge is 2.24. The number of hydrogen-bond acceptors (Lipinski definition) is 3. The highest BCUT2D eigenvalue weighted by Crippen LogP contribution is 2.28. The molecule has 2 aromatic carbocycles. The minimum Gasteiger partial charge on any atom is -0.508 e. The summed E-state index contributed by atoms with van der Waals surface area (Å²) in [7, 11) is 0. The smallest absolute Gasteiger partial charge is 0.270 e. The summed E-state index contributed by atoms with van der Waals surface area (Å²) in [6, 6.07) is 12.3. The SMILES string of the molecule is CC(F)(F)c1cccc(NC(=S)NNC(=O)CCc2ccc(O)cc2)c1. The quantitative estimate of drug-likeness (QED) is 0.473. The zero-order chi connectivity index (χ0) is 19.2. The van der Waals surface area contributed by atoms with Crippen LogP contribution in [0.2, 0.25) is 0 Å². The van der Waals surface area contributed by atoms with Crippen LogP contribution in [-0.2, 0) is 17.1 Å². The molecule has 138 valence electrons. The van der Waals surface area contributed by atoms with Crippen LogP contribution in [0.1, 0.15) is 24.5 Å². The van der Waals surface area contributed by atoms with Gasteiger partial charge in [0.15, 0.2) is 5.11 Å². The molecule has 2 aromatic rings. The molecule has 0 heterocycles. The van der Waals surface area contributed by atoms with Crippen molar-refractivity contribution in [2.24, 2.45) is 0 Å². The Kier molecular flexibility index (Phi) is 6.46.